The van der Waals surface area contributed by atoms with Crippen molar-refractivity contribution < 1.29 is 14.5 Å². The Kier molecular flexibility index (Phi) is 10.3. The van der Waals surface area contributed by atoms with Gasteiger partial charge in [0.25, 0.3) is 0 Å². The number of nitrogens with one attached hydrogen (secondary N) is 1. The van der Waals surface area contributed by atoms with E-state index in [9.17, 15) is 9.00 Å². The summed E-state index contributed by atoms with van der Waals surface area (Å²) in [6.45, 7) is 4.12. The number of amides is 1. The van der Waals surface area contributed by atoms with Gasteiger partial charge in [-0.25, -0.2) is 8.51 Å². The van der Waals surface area contributed by atoms with Gasteiger partial charge in [0.2, 0.25) is 5.91 Å². The third-order valence-corrected chi connectivity index (χ3v) is 8.82. The van der Waals surface area contributed by atoms with Crippen molar-refractivity contribution in [1.29, 1.82) is 0 Å². The Bertz CT molecular complexity index is 1400. The van der Waals surface area contributed by atoms with Gasteiger partial charge in [-0.05, 0) is 68.9 Å². The van der Waals surface area contributed by atoms with Gasteiger partial charge in [0.05, 0.1) is 38.0 Å². The van der Waals surface area contributed by atoms with Crippen LogP contribution in [0.25, 0.3) is 0 Å². The lowest BCUT2D eigenvalue weighted by molar-refractivity contribution is -0.113. The van der Waals surface area contributed by atoms with Crippen LogP contribution in [0.3, 0.4) is 0 Å². The Labute approximate surface area is 239 Å². The summed E-state index contributed by atoms with van der Waals surface area (Å²) in [4.78, 5) is 13.5. The number of benzene rings is 3. The third-order valence-electron chi connectivity index (χ3n) is 5.85. The molecule has 4 rings (SSSR count). The van der Waals surface area contributed by atoms with E-state index in [1.165, 1.54) is 11.8 Å². The molecule has 3 aromatic carbocycles. The SMILES string of the molecule is Cc1cccc(C)c1C1C(SCC(=O)Nc2c(Cl)cccc2Cl)=NN=C1c1cccc(S(=O)N(C)C)c1.O. The van der Waals surface area contributed by atoms with Crippen LogP contribution in [0, 0.1) is 13.8 Å². The molecule has 0 saturated heterocycles. The number of para-hydroxylation sites is 1. The monoisotopic (exact) mass is 590 g/mol. The molecule has 200 valence electrons. The van der Waals surface area contributed by atoms with Gasteiger partial charge in [-0.1, -0.05) is 71.4 Å². The molecule has 7 nitrogen and oxygen atoms in total. The summed E-state index contributed by atoms with van der Waals surface area (Å²) in [6, 6.07) is 18.8. The number of thioether (sulfide) groups is 1. The molecule has 1 aliphatic heterocycles. The van der Waals surface area contributed by atoms with Gasteiger partial charge < -0.3 is 10.8 Å². The zero-order valence-electron chi connectivity index (χ0n) is 21.3. The number of hydrogen-bond donors (Lipinski definition) is 1. The Balaban J connectivity index is 0.00000400. The molecule has 0 aromatic heterocycles. The second-order valence-electron chi connectivity index (χ2n) is 8.68. The smallest absolute Gasteiger partial charge is 0.234 e. The van der Waals surface area contributed by atoms with E-state index in [0.29, 0.717) is 25.7 Å². The lowest BCUT2D eigenvalue weighted by Gasteiger charge is -2.21. The van der Waals surface area contributed by atoms with Crippen molar-refractivity contribution in [1.82, 2.24) is 4.31 Å². The highest BCUT2D eigenvalue weighted by molar-refractivity contribution is 8.14. The summed E-state index contributed by atoms with van der Waals surface area (Å²) in [5.74, 6) is -0.402. The zero-order chi connectivity index (χ0) is 26.7. The molecule has 38 heavy (non-hydrogen) atoms. The molecule has 0 radical (unpaired) electrons. The first-order valence-electron chi connectivity index (χ1n) is 11.4. The summed E-state index contributed by atoms with van der Waals surface area (Å²) in [6.07, 6.45) is 0. The van der Waals surface area contributed by atoms with Crippen LogP contribution < -0.4 is 5.32 Å². The lowest BCUT2D eigenvalue weighted by Crippen LogP contribution is -2.22. The Morgan fingerprint density at radius 3 is 2.24 bits per heavy atom. The summed E-state index contributed by atoms with van der Waals surface area (Å²) in [7, 11) is 2.25. The number of halogens is 2. The summed E-state index contributed by atoms with van der Waals surface area (Å²) < 4.78 is 14.4. The lowest BCUT2D eigenvalue weighted by atomic mass is 9.86. The van der Waals surface area contributed by atoms with E-state index in [-0.39, 0.29) is 23.1 Å². The van der Waals surface area contributed by atoms with Crippen molar-refractivity contribution in [2.45, 2.75) is 24.7 Å². The maximum absolute atomic E-state index is 12.8. The van der Waals surface area contributed by atoms with Crippen LogP contribution in [0.1, 0.15) is 28.2 Å². The molecule has 1 aliphatic rings. The van der Waals surface area contributed by atoms with Crippen molar-refractivity contribution >= 4 is 68.3 Å². The molecule has 1 amide bonds. The Morgan fingerprint density at radius 2 is 1.61 bits per heavy atom. The van der Waals surface area contributed by atoms with E-state index in [1.54, 1.807) is 36.6 Å². The van der Waals surface area contributed by atoms with E-state index in [4.69, 9.17) is 23.2 Å². The predicted octanol–water partition coefficient (Wildman–Crippen LogP) is 5.64. The number of hydrogen-bond acceptors (Lipinski definition) is 5. The van der Waals surface area contributed by atoms with E-state index < -0.39 is 11.0 Å². The standard InChI is InChI=1S/C27H26Cl2N4O2S2.H2O/c1-16-8-5-9-17(2)23(16)24-25(18-10-6-11-19(14-18)37(35)33(3)4)31-32-27(24)36-15-22(34)30-26-20(28)12-7-13-21(26)29;/h5-14,24H,15H2,1-4H3,(H,30,34);1H2. The van der Waals surface area contributed by atoms with Gasteiger partial charge in [0, 0.05) is 5.56 Å². The van der Waals surface area contributed by atoms with Crippen LogP contribution in [0.4, 0.5) is 5.69 Å². The average molecular weight is 592 g/mol. The normalized spacial score (nSPS) is 15.5. The number of carbonyl (C=O) groups is 1. The van der Waals surface area contributed by atoms with Gasteiger partial charge in [-0.15, -0.1) is 5.10 Å². The van der Waals surface area contributed by atoms with Gasteiger partial charge >= 0.3 is 0 Å². The largest absolute Gasteiger partial charge is 0.412 e. The third kappa shape index (κ3) is 6.54. The number of carbonyl (C=O) groups excluding carboxylic acids is 1. The van der Waals surface area contributed by atoms with Gasteiger partial charge in [0.1, 0.15) is 16.0 Å². The number of anilines is 1. The van der Waals surface area contributed by atoms with Crippen molar-refractivity contribution in [2.75, 3.05) is 25.2 Å². The van der Waals surface area contributed by atoms with Gasteiger partial charge in [-0.3, -0.25) is 4.79 Å². The molecule has 0 bridgehead atoms. The minimum absolute atomic E-state index is 0. The Hall–Kier alpha value is -2.53. The van der Waals surface area contributed by atoms with Crippen molar-refractivity contribution in [3.63, 3.8) is 0 Å². The fourth-order valence-corrected chi connectivity index (χ4v) is 6.30. The molecular formula is C27H28Cl2N4O3S2. The summed E-state index contributed by atoms with van der Waals surface area (Å²) >= 11 is 13.7. The molecule has 2 unspecified atom stereocenters. The number of nitrogens with zero attached hydrogens (tertiary/aromatic N) is 3. The predicted molar refractivity (Wildman–Crippen MR) is 160 cm³/mol. The first-order chi connectivity index (χ1) is 17.7. The van der Waals surface area contributed by atoms with Crippen molar-refractivity contribution in [2.24, 2.45) is 10.2 Å². The Morgan fingerprint density at radius 1 is 1.00 bits per heavy atom. The zero-order valence-corrected chi connectivity index (χ0v) is 24.4. The van der Waals surface area contributed by atoms with Crippen LogP contribution >= 0.6 is 35.0 Å². The second-order valence-corrected chi connectivity index (χ2v) is 12.2. The van der Waals surface area contributed by atoms with E-state index in [0.717, 1.165) is 28.0 Å². The van der Waals surface area contributed by atoms with Crippen LogP contribution in [-0.4, -0.2) is 50.5 Å². The van der Waals surface area contributed by atoms with Crippen LogP contribution in [0.5, 0.6) is 0 Å². The summed E-state index contributed by atoms with van der Waals surface area (Å²) in [5.41, 5.74) is 5.29. The van der Waals surface area contributed by atoms with Gasteiger partial charge in [0.15, 0.2) is 0 Å². The number of rotatable bonds is 7. The van der Waals surface area contributed by atoms with E-state index in [2.05, 4.69) is 41.5 Å². The number of aryl methyl sites for hydroxylation is 2. The molecule has 0 saturated carbocycles. The van der Waals surface area contributed by atoms with Gasteiger partial charge in [-0.2, -0.15) is 5.10 Å². The van der Waals surface area contributed by atoms with Crippen molar-refractivity contribution in [3.05, 3.63) is 93.0 Å². The molecule has 0 spiro atoms. The van der Waals surface area contributed by atoms with Crippen molar-refractivity contribution in [3.8, 4) is 0 Å². The molecule has 2 atom stereocenters. The van der Waals surface area contributed by atoms with Crippen LogP contribution in [-0.2, 0) is 15.8 Å². The fourth-order valence-electron chi connectivity index (χ4n) is 4.12. The minimum Gasteiger partial charge on any atom is -0.412 e. The highest BCUT2D eigenvalue weighted by Crippen LogP contribution is 2.37. The van der Waals surface area contributed by atoms with E-state index in [1.807, 2.05) is 30.3 Å². The molecule has 3 aromatic rings. The molecular weight excluding hydrogens is 563 g/mol. The molecule has 0 fully saturated rings. The molecule has 3 N–H and O–H groups in total. The quantitative estimate of drug-likeness (QED) is 0.384. The first-order valence-corrected chi connectivity index (χ1v) is 14.3. The first kappa shape index (κ1) is 30.0. The highest BCUT2D eigenvalue weighted by atomic mass is 35.5. The van der Waals surface area contributed by atoms with E-state index >= 15 is 0 Å². The second kappa shape index (κ2) is 13.0. The fraction of sp³-hybridized carbons (Fsp3) is 0.222. The maximum atomic E-state index is 12.8. The van der Waals surface area contributed by atoms with Crippen LogP contribution in [0.15, 0.2) is 75.8 Å². The highest BCUT2D eigenvalue weighted by Gasteiger charge is 2.33. The molecule has 11 heteroatoms. The topological polar surface area (TPSA) is 106 Å². The molecule has 0 aliphatic carbocycles. The minimum atomic E-state index is -1.29. The average Bonchev–Trinajstić information content (AvgIpc) is 3.28. The summed E-state index contributed by atoms with van der Waals surface area (Å²) in [5, 5.41) is 13.3. The molecule has 1 heterocycles. The van der Waals surface area contributed by atoms with Crippen LogP contribution in [0.2, 0.25) is 10.0 Å². The maximum Gasteiger partial charge on any atom is 0.234 e.